The molecule has 1 unspecified atom stereocenters. The summed E-state index contributed by atoms with van der Waals surface area (Å²) < 4.78 is 24.2. The summed E-state index contributed by atoms with van der Waals surface area (Å²) >= 11 is 0. The fourth-order valence-electron chi connectivity index (χ4n) is 3.26. The van der Waals surface area contributed by atoms with E-state index < -0.39 is 30.7 Å². The highest BCUT2D eigenvalue weighted by atomic mass is 16.7. The van der Waals surface area contributed by atoms with Crippen molar-refractivity contribution >= 4 is 0 Å². The zero-order valence-electron chi connectivity index (χ0n) is 17.0. The lowest BCUT2D eigenvalue weighted by Crippen LogP contribution is -2.59. The van der Waals surface area contributed by atoms with Crippen molar-refractivity contribution in [2.75, 3.05) is 0 Å². The molecule has 1 aliphatic rings. The fourth-order valence-corrected chi connectivity index (χ4v) is 3.26. The standard InChI is InChI=1S/C24H30O5/c1-4-17(2)28-24-23(27-16-20-13-9-6-10-14-20)22(21(25)18(3)29-24)26-15-19-11-7-5-8-12-19/h4-14,17-18,21-25H,1,15-16H2,2-3H3/t17?,18-,21+,22+,23-,24-/m0/s1. The van der Waals surface area contributed by atoms with Crippen LogP contribution in [0.5, 0.6) is 0 Å². The van der Waals surface area contributed by atoms with E-state index in [0.717, 1.165) is 11.1 Å². The van der Waals surface area contributed by atoms with Gasteiger partial charge in [-0.2, -0.15) is 0 Å². The Morgan fingerprint density at radius 3 is 2.00 bits per heavy atom. The van der Waals surface area contributed by atoms with Crippen molar-refractivity contribution in [3.05, 3.63) is 84.4 Å². The Hall–Kier alpha value is -2.02. The zero-order chi connectivity index (χ0) is 20.6. The van der Waals surface area contributed by atoms with Crippen molar-refractivity contribution in [1.29, 1.82) is 0 Å². The SMILES string of the molecule is C=CC(C)O[C@H]1O[C@@H](C)[C@@H](O)[C@@H](OCc2ccccc2)[C@@H]1OCc1ccccc1. The molecule has 1 fully saturated rings. The van der Waals surface area contributed by atoms with Gasteiger partial charge in [0, 0.05) is 0 Å². The van der Waals surface area contributed by atoms with Crippen LogP contribution in [0.1, 0.15) is 25.0 Å². The van der Waals surface area contributed by atoms with Crippen molar-refractivity contribution in [1.82, 2.24) is 0 Å². The molecular formula is C24H30O5. The van der Waals surface area contributed by atoms with Crippen LogP contribution in [0.2, 0.25) is 0 Å². The molecule has 1 aliphatic heterocycles. The molecule has 1 N–H and O–H groups in total. The topological polar surface area (TPSA) is 57.2 Å². The lowest BCUT2D eigenvalue weighted by atomic mass is 9.99. The fraction of sp³-hybridized carbons (Fsp3) is 0.417. The number of ether oxygens (including phenoxy) is 4. The van der Waals surface area contributed by atoms with Gasteiger partial charge in [-0.3, -0.25) is 0 Å². The normalized spacial score (nSPS) is 28.0. The second-order valence-electron chi connectivity index (χ2n) is 7.30. The van der Waals surface area contributed by atoms with Crippen LogP contribution in [0, 0.1) is 0 Å². The number of aliphatic hydroxyl groups is 1. The summed E-state index contributed by atoms with van der Waals surface area (Å²) in [5.41, 5.74) is 2.05. The Kier molecular flexibility index (Phi) is 7.98. The number of hydrogen-bond donors (Lipinski definition) is 1. The van der Waals surface area contributed by atoms with Gasteiger partial charge in [-0.05, 0) is 25.0 Å². The first-order valence-corrected chi connectivity index (χ1v) is 10.0. The molecule has 5 nitrogen and oxygen atoms in total. The minimum Gasteiger partial charge on any atom is -0.388 e. The first-order valence-electron chi connectivity index (χ1n) is 10.0. The average Bonchev–Trinajstić information content (AvgIpc) is 2.75. The number of hydrogen-bond acceptors (Lipinski definition) is 5. The van der Waals surface area contributed by atoms with E-state index in [1.54, 1.807) is 6.08 Å². The smallest absolute Gasteiger partial charge is 0.187 e. The molecule has 6 atom stereocenters. The number of rotatable bonds is 9. The van der Waals surface area contributed by atoms with Crippen LogP contribution >= 0.6 is 0 Å². The van der Waals surface area contributed by atoms with E-state index >= 15 is 0 Å². The molecule has 0 amide bonds. The molecule has 1 heterocycles. The maximum absolute atomic E-state index is 10.8. The molecule has 2 aromatic carbocycles. The summed E-state index contributed by atoms with van der Waals surface area (Å²) in [6.07, 6.45) is -1.66. The minimum absolute atomic E-state index is 0.222. The third-order valence-corrected chi connectivity index (χ3v) is 5.01. The van der Waals surface area contributed by atoms with Crippen LogP contribution in [0.4, 0.5) is 0 Å². The maximum atomic E-state index is 10.8. The van der Waals surface area contributed by atoms with Gasteiger partial charge in [0.1, 0.15) is 18.3 Å². The molecule has 0 aromatic heterocycles. The van der Waals surface area contributed by atoms with Gasteiger partial charge < -0.3 is 24.1 Å². The quantitative estimate of drug-likeness (QED) is 0.650. The van der Waals surface area contributed by atoms with Crippen LogP contribution in [-0.2, 0) is 32.2 Å². The molecule has 3 rings (SSSR count). The van der Waals surface area contributed by atoms with Gasteiger partial charge in [0.15, 0.2) is 6.29 Å². The van der Waals surface area contributed by atoms with Gasteiger partial charge in [0.25, 0.3) is 0 Å². The van der Waals surface area contributed by atoms with Crippen molar-refractivity contribution in [2.24, 2.45) is 0 Å². The highest BCUT2D eigenvalue weighted by Gasteiger charge is 2.46. The van der Waals surface area contributed by atoms with Gasteiger partial charge in [-0.15, -0.1) is 6.58 Å². The van der Waals surface area contributed by atoms with E-state index in [2.05, 4.69) is 6.58 Å². The summed E-state index contributed by atoms with van der Waals surface area (Å²) in [5, 5.41) is 10.8. The molecule has 156 valence electrons. The van der Waals surface area contributed by atoms with Gasteiger partial charge in [-0.25, -0.2) is 0 Å². The predicted octanol–water partition coefficient (Wildman–Crippen LogP) is 3.85. The van der Waals surface area contributed by atoms with E-state index in [1.807, 2.05) is 74.5 Å². The molecule has 0 radical (unpaired) electrons. The summed E-state index contributed by atoms with van der Waals surface area (Å²) in [5.74, 6) is 0. The van der Waals surface area contributed by atoms with Gasteiger partial charge in [-0.1, -0.05) is 66.7 Å². The van der Waals surface area contributed by atoms with E-state index in [1.165, 1.54) is 0 Å². The minimum atomic E-state index is -0.835. The Morgan fingerprint density at radius 1 is 0.966 bits per heavy atom. The highest BCUT2D eigenvalue weighted by molar-refractivity contribution is 5.14. The van der Waals surface area contributed by atoms with Crippen molar-refractivity contribution < 1.29 is 24.1 Å². The van der Waals surface area contributed by atoms with Crippen molar-refractivity contribution in [2.45, 2.75) is 63.9 Å². The molecule has 0 bridgehead atoms. The van der Waals surface area contributed by atoms with Crippen molar-refractivity contribution in [3.63, 3.8) is 0 Å². The molecule has 0 spiro atoms. The van der Waals surface area contributed by atoms with Crippen LogP contribution in [0.3, 0.4) is 0 Å². The lowest BCUT2D eigenvalue weighted by Gasteiger charge is -2.43. The third-order valence-electron chi connectivity index (χ3n) is 5.01. The zero-order valence-corrected chi connectivity index (χ0v) is 17.0. The third kappa shape index (κ3) is 5.98. The van der Waals surface area contributed by atoms with Gasteiger partial charge >= 0.3 is 0 Å². The van der Waals surface area contributed by atoms with Crippen LogP contribution < -0.4 is 0 Å². The monoisotopic (exact) mass is 398 g/mol. The average molecular weight is 398 g/mol. The Bertz CT molecular complexity index is 735. The second-order valence-corrected chi connectivity index (χ2v) is 7.30. The van der Waals surface area contributed by atoms with Crippen LogP contribution in [-0.4, -0.2) is 41.9 Å². The number of benzene rings is 2. The van der Waals surface area contributed by atoms with E-state index in [0.29, 0.717) is 13.2 Å². The molecule has 5 heteroatoms. The molecule has 29 heavy (non-hydrogen) atoms. The summed E-state index contributed by atoms with van der Waals surface area (Å²) in [6, 6.07) is 19.7. The second kappa shape index (κ2) is 10.7. The van der Waals surface area contributed by atoms with Crippen LogP contribution in [0.15, 0.2) is 73.3 Å². The molecule has 2 aromatic rings. The lowest BCUT2D eigenvalue weighted by molar-refractivity contribution is -0.317. The summed E-state index contributed by atoms with van der Waals surface area (Å²) in [6.45, 7) is 8.20. The molecule has 0 saturated carbocycles. The predicted molar refractivity (Wildman–Crippen MR) is 111 cm³/mol. The van der Waals surface area contributed by atoms with E-state index in [9.17, 15) is 5.11 Å². The molecule has 0 aliphatic carbocycles. The summed E-state index contributed by atoms with van der Waals surface area (Å²) in [7, 11) is 0. The Morgan fingerprint density at radius 2 is 1.48 bits per heavy atom. The van der Waals surface area contributed by atoms with Gasteiger partial charge in [0.05, 0.1) is 25.4 Å². The van der Waals surface area contributed by atoms with Gasteiger partial charge in [0.2, 0.25) is 0 Å². The largest absolute Gasteiger partial charge is 0.388 e. The maximum Gasteiger partial charge on any atom is 0.187 e. The first kappa shape index (κ1) is 21.7. The summed E-state index contributed by atoms with van der Waals surface area (Å²) in [4.78, 5) is 0. The first-order chi connectivity index (χ1) is 14.1. The Labute approximate surface area is 172 Å². The molecular weight excluding hydrogens is 368 g/mol. The van der Waals surface area contributed by atoms with Crippen LogP contribution in [0.25, 0.3) is 0 Å². The van der Waals surface area contributed by atoms with Crippen molar-refractivity contribution in [3.8, 4) is 0 Å². The highest BCUT2D eigenvalue weighted by Crippen LogP contribution is 2.29. The number of aliphatic hydroxyl groups excluding tert-OH is 1. The Balaban J connectivity index is 1.77. The van der Waals surface area contributed by atoms with E-state index in [4.69, 9.17) is 18.9 Å². The molecule has 1 saturated heterocycles. The van der Waals surface area contributed by atoms with E-state index in [-0.39, 0.29) is 6.10 Å².